The average molecular weight is 369 g/mol. The summed E-state index contributed by atoms with van der Waals surface area (Å²) in [5.41, 5.74) is 0.843. The van der Waals surface area contributed by atoms with E-state index in [4.69, 9.17) is 11.6 Å². The molecule has 1 heterocycles. The Labute approximate surface area is 148 Å². The number of thioether (sulfide) groups is 1. The lowest BCUT2D eigenvalue weighted by Gasteiger charge is -2.11. The molecule has 1 N–H and O–H groups in total. The lowest BCUT2D eigenvalue weighted by Crippen LogP contribution is -2.36. The fourth-order valence-electron chi connectivity index (χ4n) is 1.97. The summed E-state index contributed by atoms with van der Waals surface area (Å²) in [6, 6.07) is 7.32. The van der Waals surface area contributed by atoms with Gasteiger partial charge in [0.2, 0.25) is 5.91 Å². The van der Waals surface area contributed by atoms with Crippen molar-refractivity contribution in [2.45, 2.75) is 30.8 Å². The van der Waals surface area contributed by atoms with E-state index in [9.17, 15) is 9.59 Å². The molecular weight excluding hydrogens is 352 g/mol. The van der Waals surface area contributed by atoms with Crippen molar-refractivity contribution in [1.82, 2.24) is 20.1 Å². The lowest BCUT2D eigenvalue weighted by molar-refractivity contribution is -0.119. The highest BCUT2D eigenvalue weighted by atomic mass is 35.5. The van der Waals surface area contributed by atoms with Crippen LogP contribution >= 0.6 is 23.4 Å². The van der Waals surface area contributed by atoms with E-state index in [1.165, 1.54) is 18.9 Å². The predicted octanol–water partition coefficient (Wildman–Crippen LogP) is 2.98. The number of nitrogens with zero attached hydrogens (tertiary/aromatic N) is 3. The Morgan fingerprint density at radius 2 is 2.17 bits per heavy atom. The third-order valence-corrected chi connectivity index (χ3v) is 4.49. The number of carbonyl (C=O) groups is 2. The van der Waals surface area contributed by atoms with Gasteiger partial charge in [-0.1, -0.05) is 35.5 Å². The number of amides is 2. The van der Waals surface area contributed by atoms with Crippen LogP contribution in [-0.2, 0) is 16.1 Å². The van der Waals surface area contributed by atoms with Crippen molar-refractivity contribution in [3.05, 3.63) is 29.3 Å². The Morgan fingerprint density at radius 1 is 1.42 bits per heavy atom. The van der Waals surface area contributed by atoms with Gasteiger partial charge in [0.05, 0.1) is 12.4 Å². The van der Waals surface area contributed by atoms with Gasteiger partial charge < -0.3 is 9.30 Å². The molecule has 0 unspecified atom stereocenters. The van der Waals surface area contributed by atoms with E-state index >= 15 is 0 Å². The zero-order valence-electron chi connectivity index (χ0n) is 13.4. The highest BCUT2D eigenvalue weighted by molar-refractivity contribution is 8.00. The van der Waals surface area contributed by atoms with Crippen LogP contribution in [0.25, 0.3) is 11.4 Å². The molecule has 1 aromatic heterocycles. The van der Waals surface area contributed by atoms with Gasteiger partial charge in [0.1, 0.15) is 0 Å². The lowest BCUT2D eigenvalue weighted by atomic mass is 10.2. The van der Waals surface area contributed by atoms with Crippen LogP contribution in [0.1, 0.15) is 13.8 Å². The topological polar surface area (TPSA) is 86.1 Å². The van der Waals surface area contributed by atoms with Crippen molar-refractivity contribution in [3.63, 3.8) is 0 Å². The quantitative estimate of drug-likeness (QED) is 0.816. The van der Waals surface area contributed by atoms with Crippen LogP contribution in [0.2, 0.25) is 5.02 Å². The van der Waals surface area contributed by atoms with Gasteiger partial charge in [0, 0.05) is 17.1 Å². The molecule has 1 aromatic carbocycles. The minimum atomic E-state index is -0.788. The van der Waals surface area contributed by atoms with Crippen molar-refractivity contribution in [1.29, 1.82) is 0 Å². The molecule has 0 aliphatic heterocycles. The zero-order chi connectivity index (χ0) is 17.7. The number of carbonyl (C=O) groups excluding carboxylic acids is 2. The van der Waals surface area contributed by atoms with Crippen molar-refractivity contribution in [3.8, 4) is 11.4 Å². The second-order valence-corrected chi connectivity index (χ2v) is 6.55. The van der Waals surface area contributed by atoms with E-state index in [0.717, 1.165) is 5.56 Å². The van der Waals surface area contributed by atoms with E-state index in [2.05, 4.69) is 20.3 Å². The van der Waals surface area contributed by atoms with Crippen LogP contribution in [-0.4, -0.2) is 39.1 Å². The van der Waals surface area contributed by atoms with Crippen LogP contribution in [0.5, 0.6) is 0 Å². The molecule has 2 rings (SSSR count). The fraction of sp³-hybridized carbons (Fsp3) is 0.333. The van der Waals surface area contributed by atoms with Gasteiger partial charge in [-0.2, -0.15) is 0 Å². The number of alkyl carbamates (subject to hydrolysis) is 1. The van der Waals surface area contributed by atoms with Gasteiger partial charge in [-0.05, 0) is 26.0 Å². The molecule has 0 radical (unpaired) electrons. The SMILES string of the molecule is CCn1c(S[C@@H](C)C(=O)NC(=O)OC)nnc1-c1cccc(Cl)c1. The number of hydrogen-bond donors (Lipinski definition) is 1. The first-order chi connectivity index (χ1) is 11.5. The molecule has 0 saturated carbocycles. The highest BCUT2D eigenvalue weighted by Gasteiger charge is 2.21. The normalized spacial score (nSPS) is 11.8. The average Bonchev–Trinajstić information content (AvgIpc) is 2.97. The molecule has 0 fully saturated rings. The molecule has 9 heteroatoms. The van der Waals surface area contributed by atoms with Gasteiger partial charge in [0.25, 0.3) is 0 Å². The standard InChI is InChI=1S/C15H17ClN4O3S/c1-4-20-12(10-6-5-7-11(16)8-10)18-19-14(20)24-9(2)13(21)17-15(22)23-3/h5-9H,4H2,1-3H3,(H,17,21,22)/t9-/m0/s1. The third kappa shape index (κ3) is 4.27. The van der Waals surface area contributed by atoms with Gasteiger partial charge in [0.15, 0.2) is 11.0 Å². The number of imide groups is 1. The fourth-order valence-corrected chi connectivity index (χ4v) is 3.07. The largest absolute Gasteiger partial charge is 0.453 e. The maximum atomic E-state index is 11.9. The summed E-state index contributed by atoms with van der Waals surface area (Å²) in [6.45, 7) is 4.26. The number of benzene rings is 1. The molecule has 128 valence electrons. The van der Waals surface area contributed by atoms with Gasteiger partial charge in [-0.15, -0.1) is 10.2 Å². The molecule has 1 atom stereocenters. The minimum Gasteiger partial charge on any atom is -0.453 e. The van der Waals surface area contributed by atoms with E-state index in [1.807, 2.05) is 23.6 Å². The number of hydrogen-bond acceptors (Lipinski definition) is 6. The van der Waals surface area contributed by atoms with Crippen LogP contribution in [0, 0.1) is 0 Å². The summed E-state index contributed by atoms with van der Waals surface area (Å²) in [5, 5.41) is 11.1. The van der Waals surface area contributed by atoms with E-state index < -0.39 is 17.3 Å². The minimum absolute atomic E-state index is 0.457. The predicted molar refractivity (Wildman–Crippen MR) is 92.0 cm³/mol. The van der Waals surface area contributed by atoms with Crippen LogP contribution in [0.3, 0.4) is 0 Å². The molecule has 0 aliphatic carbocycles. The Morgan fingerprint density at radius 3 is 2.79 bits per heavy atom. The second-order valence-electron chi connectivity index (χ2n) is 4.80. The summed E-state index contributed by atoms with van der Waals surface area (Å²) >= 11 is 7.24. The molecule has 24 heavy (non-hydrogen) atoms. The summed E-state index contributed by atoms with van der Waals surface area (Å²) in [6.07, 6.45) is -0.788. The Balaban J connectivity index is 2.20. The first-order valence-corrected chi connectivity index (χ1v) is 8.46. The molecule has 0 bridgehead atoms. The van der Waals surface area contributed by atoms with Crippen LogP contribution < -0.4 is 5.32 Å². The number of halogens is 1. The second kappa shape index (κ2) is 8.16. The molecule has 0 aliphatic rings. The number of aromatic nitrogens is 3. The Hall–Kier alpha value is -2.06. The van der Waals surface area contributed by atoms with Gasteiger partial charge >= 0.3 is 6.09 Å². The summed E-state index contributed by atoms with van der Waals surface area (Å²) in [5.74, 6) is 0.213. The molecule has 0 saturated heterocycles. The summed E-state index contributed by atoms with van der Waals surface area (Å²) < 4.78 is 6.30. The Kier molecular flexibility index (Phi) is 6.22. The monoisotopic (exact) mass is 368 g/mol. The van der Waals surface area contributed by atoms with Crippen LogP contribution in [0.15, 0.2) is 29.4 Å². The Bertz CT molecular complexity index is 750. The first kappa shape index (κ1) is 18.3. The maximum absolute atomic E-state index is 11.9. The van der Waals surface area contributed by atoms with Gasteiger partial charge in [-0.25, -0.2) is 4.79 Å². The van der Waals surface area contributed by atoms with E-state index in [1.54, 1.807) is 19.1 Å². The van der Waals surface area contributed by atoms with E-state index in [-0.39, 0.29) is 0 Å². The highest BCUT2D eigenvalue weighted by Crippen LogP contribution is 2.28. The number of nitrogens with one attached hydrogen (secondary N) is 1. The zero-order valence-corrected chi connectivity index (χ0v) is 15.0. The summed E-state index contributed by atoms with van der Waals surface area (Å²) in [7, 11) is 1.20. The van der Waals surface area contributed by atoms with Crippen molar-refractivity contribution >= 4 is 35.4 Å². The van der Waals surface area contributed by atoms with Crippen LogP contribution in [0.4, 0.5) is 4.79 Å². The molecule has 7 nitrogen and oxygen atoms in total. The first-order valence-electron chi connectivity index (χ1n) is 7.20. The maximum Gasteiger partial charge on any atom is 0.413 e. The molecule has 0 spiro atoms. The van der Waals surface area contributed by atoms with Crippen molar-refractivity contribution in [2.24, 2.45) is 0 Å². The van der Waals surface area contributed by atoms with Crippen molar-refractivity contribution < 1.29 is 14.3 Å². The van der Waals surface area contributed by atoms with E-state index in [0.29, 0.717) is 22.5 Å². The van der Waals surface area contributed by atoms with Gasteiger partial charge in [-0.3, -0.25) is 10.1 Å². The number of rotatable bonds is 5. The molecular formula is C15H17ClN4O3S. The molecule has 2 aromatic rings. The molecule has 2 amide bonds. The number of ether oxygens (including phenoxy) is 1. The summed E-state index contributed by atoms with van der Waals surface area (Å²) in [4.78, 5) is 23.0. The third-order valence-electron chi connectivity index (χ3n) is 3.18. The number of methoxy groups -OCH3 is 1. The smallest absolute Gasteiger partial charge is 0.413 e. The van der Waals surface area contributed by atoms with Crippen molar-refractivity contribution in [2.75, 3.05) is 7.11 Å².